The lowest BCUT2D eigenvalue weighted by Crippen LogP contribution is -2.44. The molecule has 1 unspecified atom stereocenters. The Morgan fingerprint density at radius 2 is 2.21 bits per heavy atom. The van der Waals surface area contributed by atoms with E-state index in [1.807, 2.05) is 18.2 Å². The lowest BCUT2D eigenvalue weighted by Gasteiger charge is -2.37. The third kappa shape index (κ3) is 3.80. The Bertz CT molecular complexity index is 701. The van der Waals surface area contributed by atoms with Crippen LogP contribution in [0.5, 0.6) is 0 Å². The predicted molar refractivity (Wildman–Crippen MR) is 94.2 cm³/mol. The second-order valence-electron chi connectivity index (χ2n) is 5.90. The fraction of sp³-hybridized carbons (Fsp3) is 0.389. The van der Waals surface area contributed by atoms with Crippen LogP contribution in [0.4, 0.5) is 0 Å². The molecule has 2 heterocycles. The van der Waals surface area contributed by atoms with Crippen molar-refractivity contribution in [1.82, 2.24) is 14.8 Å². The first-order valence-corrected chi connectivity index (χ1v) is 8.47. The summed E-state index contributed by atoms with van der Waals surface area (Å²) in [5, 5.41) is 3.60. The molecule has 1 aliphatic rings. The van der Waals surface area contributed by atoms with Crippen LogP contribution >= 0.6 is 11.6 Å². The van der Waals surface area contributed by atoms with Crippen LogP contribution in [0.1, 0.15) is 17.3 Å². The molecule has 0 spiro atoms. The van der Waals surface area contributed by atoms with Crippen LogP contribution in [-0.2, 0) is 16.1 Å². The van der Waals surface area contributed by atoms with E-state index in [0.29, 0.717) is 24.7 Å². The van der Waals surface area contributed by atoms with Crippen LogP contribution < -0.4 is 5.32 Å². The van der Waals surface area contributed by atoms with Gasteiger partial charge in [-0.2, -0.15) is 0 Å². The van der Waals surface area contributed by atoms with E-state index in [-0.39, 0.29) is 11.9 Å². The summed E-state index contributed by atoms with van der Waals surface area (Å²) in [6.45, 7) is 3.10. The number of hydrogen-bond acceptors (Lipinski definition) is 3. The SMILES string of the molecule is COCCNC(=O)CN1CCn2cccc2C1c1cccc(Cl)c1. The molecular weight excluding hydrogens is 326 g/mol. The molecular formula is C18H22ClN3O2. The molecule has 24 heavy (non-hydrogen) atoms. The zero-order valence-corrected chi connectivity index (χ0v) is 14.5. The summed E-state index contributed by atoms with van der Waals surface area (Å²) in [7, 11) is 1.63. The molecule has 5 nitrogen and oxygen atoms in total. The van der Waals surface area contributed by atoms with E-state index in [4.69, 9.17) is 16.3 Å². The van der Waals surface area contributed by atoms with Crippen molar-refractivity contribution in [3.63, 3.8) is 0 Å². The van der Waals surface area contributed by atoms with E-state index >= 15 is 0 Å². The maximum atomic E-state index is 12.2. The highest BCUT2D eigenvalue weighted by atomic mass is 35.5. The number of benzene rings is 1. The number of methoxy groups -OCH3 is 1. The molecule has 0 radical (unpaired) electrons. The number of aromatic nitrogens is 1. The van der Waals surface area contributed by atoms with Crippen molar-refractivity contribution in [2.75, 3.05) is 33.4 Å². The largest absolute Gasteiger partial charge is 0.383 e. The summed E-state index contributed by atoms with van der Waals surface area (Å²) in [6, 6.07) is 12.1. The number of amides is 1. The van der Waals surface area contributed by atoms with Crippen molar-refractivity contribution in [2.24, 2.45) is 0 Å². The fourth-order valence-corrected chi connectivity index (χ4v) is 3.39. The van der Waals surface area contributed by atoms with Gasteiger partial charge in [0.1, 0.15) is 0 Å². The van der Waals surface area contributed by atoms with E-state index in [1.165, 1.54) is 5.69 Å². The van der Waals surface area contributed by atoms with Gasteiger partial charge in [-0.25, -0.2) is 0 Å². The quantitative estimate of drug-likeness (QED) is 0.816. The average molecular weight is 348 g/mol. The summed E-state index contributed by atoms with van der Waals surface area (Å²) in [5.41, 5.74) is 2.29. The first-order valence-electron chi connectivity index (χ1n) is 8.09. The molecule has 1 amide bonds. The highest BCUT2D eigenvalue weighted by Gasteiger charge is 2.30. The van der Waals surface area contributed by atoms with Crippen molar-refractivity contribution in [3.8, 4) is 0 Å². The van der Waals surface area contributed by atoms with Gasteiger partial charge in [0, 0.05) is 43.7 Å². The lowest BCUT2D eigenvalue weighted by atomic mass is 10.00. The minimum absolute atomic E-state index is 0.0130. The van der Waals surface area contributed by atoms with Gasteiger partial charge in [0.25, 0.3) is 0 Å². The summed E-state index contributed by atoms with van der Waals surface area (Å²) in [6.07, 6.45) is 2.09. The maximum absolute atomic E-state index is 12.2. The van der Waals surface area contributed by atoms with Gasteiger partial charge in [-0.3, -0.25) is 9.69 Å². The summed E-state index contributed by atoms with van der Waals surface area (Å²) in [4.78, 5) is 14.4. The number of ether oxygens (including phenoxy) is 1. The van der Waals surface area contributed by atoms with Crippen LogP contribution in [0.25, 0.3) is 0 Å². The van der Waals surface area contributed by atoms with Gasteiger partial charge < -0.3 is 14.6 Å². The number of hydrogen-bond donors (Lipinski definition) is 1. The molecule has 1 aromatic carbocycles. The monoisotopic (exact) mass is 347 g/mol. The van der Waals surface area contributed by atoms with Crippen LogP contribution in [0, 0.1) is 0 Å². The Balaban J connectivity index is 1.81. The standard InChI is InChI=1S/C18H22ClN3O2/c1-24-11-7-20-17(23)13-22-10-9-21-8-3-6-16(21)18(22)14-4-2-5-15(19)12-14/h2-6,8,12,18H,7,9-11,13H2,1H3,(H,20,23). The molecule has 6 heteroatoms. The van der Waals surface area contributed by atoms with Gasteiger partial charge in [0.2, 0.25) is 5.91 Å². The fourth-order valence-electron chi connectivity index (χ4n) is 3.19. The molecule has 0 bridgehead atoms. The number of carbonyl (C=O) groups excluding carboxylic acids is 1. The Hall–Kier alpha value is -1.82. The number of halogens is 1. The van der Waals surface area contributed by atoms with Crippen molar-refractivity contribution >= 4 is 17.5 Å². The third-order valence-electron chi connectivity index (χ3n) is 4.28. The Morgan fingerprint density at radius 3 is 3.00 bits per heavy atom. The Morgan fingerprint density at radius 1 is 1.33 bits per heavy atom. The molecule has 0 saturated carbocycles. The Labute approximate surface area is 147 Å². The number of nitrogens with zero attached hydrogens (tertiary/aromatic N) is 2. The van der Waals surface area contributed by atoms with E-state index < -0.39 is 0 Å². The van der Waals surface area contributed by atoms with Crippen LogP contribution in [-0.4, -0.2) is 48.7 Å². The van der Waals surface area contributed by atoms with Crippen LogP contribution in [0.2, 0.25) is 5.02 Å². The molecule has 0 fully saturated rings. The second kappa shape index (κ2) is 7.83. The van der Waals surface area contributed by atoms with Crippen molar-refractivity contribution in [1.29, 1.82) is 0 Å². The highest BCUT2D eigenvalue weighted by Crippen LogP contribution is 2.33. The van der Waals surface area contributed by atoms with Crippen molar-refractivity contribution in [2.45, 2.75) is 12.6 Å². The van der Waals surface area contributed by atoms with Crippen LogP contribution in [0.3, 0.4) is 0 Å². The topological polar surface area (TPSA) is 46.5 Å². The molecule has 3 rings (SSSR count). The van der Waals surface area contributed by atoms with Gasteiger partial charge in [-0.05, 0) is 29.8 Å². The van der Waals surface area contributed by atoms with Crippen molar-refractivity contribution < 1.29 is 9.53 Å². The van der Waals surface area contributed by atoms with Gasteiger partial charge in [0.05, 0.1) is 19.2 Å². The number of carbonyl (C=O) groups is 1. The third-order valence-corrected chi connectivity index (χ3v) is 4.51. The number of nitrogens with one attached hydrogen (secondary N) is 1. The zero-order chi connectivity index (χ0) is 16.9. The van der Waals surface area contributed by atoms with Gasteiger partial charge in [-0.1, -0.05) is 23.7 Å². The van der Waals surface area contributed by atoms with Gasteiger partial charge in [-0.15, -0.1) is 0 Å². The summed E-state index contributed by atoms with van der Waals surface area (Å²) in [5.74, 6) is 0.0130. The number of rotatable bonds is 6. The molecule has 128 valence electrons. The maximum Gasteiger partial charge on any atom is 0.234 e. The molecule has 2 aromatic rings. The molecule has 1 atom stereocenters. The minimum Gasteiger partial charge on any atom is -0.383 e. The summed E-state index contributed by atoms with van der Waals surface area (Å²) < 4.78 is 7.22. The molecule has 1 N–H and O–H groups in total. The first kappa shape index (κ1) is 17.0. The molecule has 0 aliphatic carbocycles. The first-order chi connectivity index (χ1) is 11.7. The Kier molecular flexibility index (Phi) is 5.56. The molecule has 0 saturated heterocycles. The van der Waals surface area contributed by atoms with E-state index in [1.54, 1.807) is 7.11 Å². The minimum atomic E-state index is 0.0130. The van der Waals surface area contributed by atoms with E-state index in [0.717, 1.165) is 18.7 Å². The number of fused-ring (bicyclic) bond motifs is 1. The molecule has 1 aromatic heterocycles. The van der Waals surface area contributed by atoms with Gasteiger partial charge in [0.15, 0.2) is 0 Å². The van der Waals surface area contributed by atoms with Gasteiger partial charge >= 0.3 is 0 Å². The van der Waals surface area contributed by atoms with Crippen molar-refractivity contribution in [3.05, 3.63) is 58.9 Å². The highest BCUT2D eigenvalue weighted by molar-refractivity contribution is 6.30. The molecule has 1 aliphatic heterocycles. The van der Waals surface area contributed by atoms with Crippen LogP contribution in [0.15, 0.2) is 42.6 Å². The lowest BCUT2D eigenvalue weighted by molar-refractivity contribution is -0.123. The van der Waals surface area contributed by atoms with E-state index in [2.05, 4.69) is 39.2 Å². The predicted octanol–water partition coefficient (Wildman–Crippen LogP) is 2.31. The normalized spacial score (nSPS) is 17.5. The summed E-state index contributed by atoms with van der Waals surface area (Å²) >= 11 is 6.18. The zero-order valence-electron chi connectivity index (χ0n) is 13.7. The van der Waals surface area contributed by atoms with E-state index in [9.17, 15) is 4.79 Å². The second-order valence-corrected chi connectivity index (χ2v) is 6.33. The average Bonchev–Trinajstić information content (AvgIpc) is 3.03. The smallest absolute Gasteiger partial charge is 0.234 e.